The van der Waals surface area contributed by atoms with Crippen LogP contribution in [0.5, 0.6) is 0 Å². The number of carbonyl (C=O) groups excluding carboxylic acids is 1. The normalized spacial score (nSPS) is 16.0. The fourth-order valence-corrected chi connectivity index (χ4v) is 2.32. The molecule has 3 rings (SSSR count). The summed E-state index contributed by atoms with van der Waals surface area (Å²) in [5.74, 6) is 0.144. The SMILES string of the molecule is O=C(CC(c1ccccc1)n1cccc1)NC1CC1. The van der Waals surface area contributed by atoms with Crippen LogP contribution in [-0.4, -0.2) is 16.5 Å². The van der Waals surface area contributed by atoms with Crippen molar-refractivity contribution in [3.05, 3.63) is 60.4 Å². The van der Waals surface area contributed by atoms with Crippen LogP contribution in [0.4, 0.5) is 0 Å². The van der Waals surface area contributed by atoms with Gasteiger partial charge in [0.15, 0.2) is 0 Å². The lowest BCUT2D eigenvalue weighted by atomic mass is 10.0. The lowest BCUT2D eigenvalue weighted by Crippen LogP contribution is -2.28. The molecule has 0 bridgehead atoms. The molecule has 3 heteroatoms. The minimum absolute atomic E-state index is 0.0787. The molecule has 0 radical (unpaired) electrons. The number of carbonyl (C=O) groups is 1. The van der Waals surface area contributed by atoms with Crippen molar-refractivity contribution in [2.45, 2.75) is 31.3 Å². The fraction of sp³-hybridized carbons (Fsp3) is 0.312. The molecule has 1 heterocycles. The highest BCUT2D eigenvalue weighted by Gasteiger charge is 2.25. The first-order chi connectivity index (χ1) is 9.33. The van der Waals surface area contributed by atoms with Crippen molar-refractivity contribution in [3.63, 3.8) is 0 Å². The zero-order chi connectivity index (χ0) is 13.1. The average molecular weight is 254 g/mol. The first kappa shape index (κ1) is 12.0. The van der Waals surface area contributed by atoms with Gasteiger partial charge in [0.25, 0.3) is 0 Å². The molecule has 1 N–H and O–H groups in total. The molecular weight excluding hydrogens is 236 g/mol. The van der Waals surface area contributed by atoms with Gasteiger partial charge in [0.1, 0.15) is 0 Å². The van der Waals surface area contributed by atoms with Gasteiger partial charge in [0.2, 0.25) is 5.91 Å². The Labute approximate surface area is 113 Å². The fourth-order valence-electron chi connectivity index (χ4n) is 2.32. The molecule has 3 nitrogen and oxygen atoms in total. The second kappa shape index (κ2) is 5.31. The topological polar surface area (TPSA) is 34.0 Å². The maximum Gasteiger partial charge on any atom is 0.222 e. The molecule has 1 aliphatic rings. The van der Waals surface area contributed by atoms with E-state index in [9.17, 15) is 4.79 Å². The monoisotopic (exact) mass is 254 g/mol. The van der Waals surface area contributed by atoms with Crippen LogP contribution in [0.15, 0.2) is 54.9 Å². The third kappa shape index (κ3) is 3.05. The van der Waals surface area contributed by atoms with Crippen molar-refractivity contribution in [2.75, 3.05) is 0 Å². The molecule has 1 amide bonds. The number of nitrogens with zero attached hydrogens (tertiary/aromatic N) is 1. The summed E-state index contributed by atoms with van der Waals surface area (Å²) in [7, 11) is 0. The Kier molecular flexibility index (Phi) is 3.36. The van der Waals surface area contributed by atoms with Gasteiger partial charge < -0.3 is 9.88 Å². The number of hydrogen-bond acceptors (Lipinski definition) is 1. The highest BCUT2D eigenvalue weighted by atomic mass is 16.1. The number of hydrogen-bond donors (Lipinski definition) is 1. The molecule has 19 heavy (non-hydrogen) atoms. The lowest BCUT2D eigenvalue weighted by Gasteiger charge is -2.19. The Hall–Kier alpha value is -2.03. The Balaban J connectivity index is 1.78. The van der Waals surface area contributed by atoms with Gasteiger partial charge in [-0.05, 0) is 30.5 Å². The van der Waals surface area contributed by atoms with E-state index < -0.39 is 0 Å². The highest BCUT2D eigenvalue weighted by Crippen LogP contribution is 2.24. The number of rotatable bonds is 5. The second-order valence-electron chi connectivity index (χ2n) is 5.10. The van der Waals surface area contributed by atoms with E-state index in [-0.39, 0.29) is 11.9 Å². The van der Waals surface area contributed by atoms with E-state index in [1.807, 2.05) is 42.7 Å². The molecule has 1 aromatic carbocycles. The Morgan fingerprint density at radius 1 is 1.16 bits per heavy atom. The van der Waals surface area contributed by atoms with Crippen LogP contribution in [0.3, 0.4) is 0 Å². The number of benzene rings is 1. The van der Waals surface area contributed by atoms with Crippen molar-refractivity contribution in [1.29, 1.82) is 0 Å². The van der Waals surface area contributed by atoms with Gasteiger partial charge in [-0.2, -0.15) is 0 Å². The molecule has 1 saturated carbocycles. The van der Waals surface area contributed by atoms with Crippen LogP contribution in [0.2, 0.25) is 0 Å². The van der Waals surface area contributed by atoms with Crippen LogP contribution in [0.25, 0.3) is 0 Å². The molecule has 1 fully saturated rings. The summed E-state index contributed by atoms with van der Waals surface area (Å²) in [6.07, 6.45) is 6.79. The number of aromatic nitrogens is 1. The average Bonchev–Trinajstić information content (AvgIpc) is 3.08. The number of amides is 1. The smallest absolute Gasteiger partial charge is 0.222 e. The predicted octanol–water partition coefficient (Wildman–Crippen LogP) is 2.75. The maximum absolute atomic E-state index is 12.0. The molecule has 1 aromatic heterocycles. The lowest BCUT2D eigenvalue weighted by molar-refractivity contribution is -0.121. The van der Waals surface area contributed by atoms with E-state index in [0.29, 0.717) is 12.5 Å². The molecule has 1 aliphatic carbocycles. The zero-order valence-corrected chi connectivity index (χ0v) is 10.8. The Morgan fingerprint density at radius 3 is 2.47 bits per heavy atom. The molecule has 98 valence electrons. The molecule has 0 aliphatic heterocycles. The van der Waals surface area contributed by atoms with Gasteiger partial charge in [0, 0.05) is 18.4 Å². The van der Waals surface area contributed by atoms with Crippen LogP contribution in [0, 0.1) is 0 Å². The molecule has 0 spiro atoms. The largest absolute Gasteiger partial charge is 0.353 e. The summed E-state index contributed by atoms with van der Waals surface area (Å²) in [4.78, 5) is 12.0. The Bertz CT molecular complexity index is 529. The summed E-state index contributed by atoms with van der Waals surface area (Å²) in [6, 6.07) is 14.7. The maximum atomic E-state index is 12.0. The molecule has 2 aromatic rings. The van der Waals surface area contributed by atoms with E-state index in [4.69, 9.17) is 0 Å². The third-order valence-corrected chi connectivity index (χ3v) is 3.49. The summed E-state index contributed by atoms with van der Waals surface area (Å²) in [5, 5.41) is 3.06. The predicted molar refractivity (Wildman–Crippen MR) is 74.8 cm³/mol. The van der Waals surface area contributed by atoms with Crippen LogP contribution in [0.1, 0.15) is 30.9 Å². The highest BCUT2D eigenvalue weighted by molar-refractivity contribution is 5.77. The van der Waals surface area contributed by atoms with Crippen LogP contribution < -0.4 is 5.32 Å². The van der Waals surface area contributed by atoms with Crippen LogP contribution in [-0.2, 0) is 4.79 Å². The quantitative estimate of drug-likeness (QED) is 0.874. The first-order valence-electron chi connectivity index (χ1n) is 6.80. The van der Waals surface area contributed by atoms with Crippen molar-refractivity contribution >= 4 is 5.91 Å². The van der Waals surface area contributed by atoms with Crippen molar-refractivity contribution in [3.8, 4) is 0 Å². The van der Waals surface area contributed by atoms with Gasteiger partial charge in [-0.3, -0.25) is 4.79 Å². The standard InChI is InChI=1S/C16H18N2O/c19-16(17-14-8-9-14)12-15(18-10-4-5-11-18)13-6-2-1-3-7-13/h1-7,10-11,14-15H,8-9,12H2,(H,17,19). The minimum atomic E-state index is 0.0787. The van der Waals surface area contributed by atoms with Crippen molar-refractivity contribution in [1.82, 2.24) is 9.88 Å². The van der Waals surface area contributed by atoms with Gasteiger partial charge >= 0.3 is 0 Å². The van der Waals surface area contributed by atoms with E-state index in [1.54, 1.807) is 0 Å². The zero-order valence-electron chi connectivity index (χ0n) is 10.8. The summed E-state index contributed by atoms with van der Waals surface area (Å²) in [5.41, 5.74) is 1.17. The molecule has 1 unspecified atom stereocenters. The summed E-state index contributed by atoms with van der Waals surface area (Å²) < 4.78 is 2.10. The third-order valence-electron chi connectivity index (χ3n) is 3.49. The molecular formula is C16H18N2O. The van der Waals surface area contributed by atoms with Crippen molar-refractivity contribution in [2.24, 2.45) is 0 Å². The van der Waals surface area contributed by atoms with Gasteiger partial charge in [-0.25, -0.2) is 0 Å². The molecule has 1 atom stereocenters. The van der Waals surface area contributed by atoms with E-state index in [1.165, 1.54) is 5.56 Å². The first-order valence-corrected chi connectivity index (χ1v) is 6.80. The van der Waals surface area contributed by atoms with E-state index in [0.717, 1.165) is 12.8 Å². The summed E-state index contributed by atoms with van der Waals surface area (Å²) in [6.45, 7) is 0. The van der Waals surface area contributed by atoms with Gasteiger partial charge in [-0.1, -0.05) is 30.3 Å². The molecule has 0 saturated heterocycles. The number of nitrogens with one attached hydrogen (secondary N) is 1. The van der Waals surface area contributed by atoms with Gasteiger partial charge in [-0.15, -0.1) is 0 Å². The second-order valence-corrected chi connectivity index (χ2v) is 5.10. The Morgan fingerprint density at radius 2 is 1.84 bits per heavy atom. The van der Waals surface area contributed by atoms with E-state index >= 15 is 0 Å². The van der Waals surface area contributed by atoms with Crippen molar-refractivity contribution < 1.29 is 4.79 Å². The van der Waals surface area contributed by atoms with Gasteiger partial charge in [0.05, 0.1) is 12.5 Å². The minimum Gasteiger partial charge on any atom is -0.353 e. The summed E-state index contributed by atoms with van der Waals surface area (Å²) >= 11 is 0. The van der Waals surface area contributed by atoms with E-state index in [2.05, 4.69) is 22.0 Å². The van der Waals surface area contributed by atoms with Crippen LogP contribution >= 0.6 is 0 Å².